The van der Waals surface area contributed by atoms with E-state index < -0.39 is 15.9 Å². The number of rotatable bonds is 5. The summed E-state index contributed by atoms with van der Waals surface area (Å²) in [5, 5.41) is 2.75. The molecule has 0 unspecified atom stereocenters. The topological polar surface area (TPSA) is 93.7 Å². The Morgan fingerprint density at radius 1 is 0.938 bits per heavy atom. The second-order valence-electron chi connectivity index (χ2n) is 7.38. The summed E-state index contributed by atoms with van der Waals surface area (Å²) in [5.74, 6) is 0.652. The number of sulfonamides is 1. The second-order valence-corrected chi connectivity index (χ2v) is 9.44. The molecule has 3 aromatic carbocycles. The zero-order valence-electron chi connectivity index (χ0n) is 17.4. The fourth-order valence-electron chi connectivity index (χ4n) is 3.30. The highest BCUT2D eigenvalue weighted by atomic mass is 35.5. The van der Waals surface area contributed by atoms with Gasteiger partial charge in [0.2, 0.25) is 0 Å². The van der Waals surface area contributed by atoms with E-state index >= 15 is 0 Å². The third-order valence-corrected chi connectivity index (χ3v) is 6.76. The Kier molecular flexibility index (Phi) is 5.99. The quantitative estimate of drug-likeness (QED) is 0.557. The minimum Gasteiger partial charge on any atom is -0.486 e. The van der Waals surface area contributed by atoms with Crippen LogP contribution in [0.15, 0.2) is 59.5 Å². The summed E-state index contributed by atoms with van der Waals surface area (Å²) < 4.78 is 39.5. The molecule has 0 atom stereocenters. The van der Waals surface area contributed by atoms with Gasteiger partial charge >= 0.3 is 0 Å². The molecule has 7 nitrogen and oxygen atoms in total. The fourth-order valence-corrected chi connectivity index (χ4v) is 4.96. The van der Waals surface area contributed by atoms with Crippen molar-refractivity contribution in [3.63, 3.8) is 0 Å². The number of ether oxygens (including phenoxy) is 2. The minimum absolute atomic E-state index is 0.0122. The van der Waals surface area contributed by atoms with Gasteiger partial charge in [-0.25, -0.2) is 8.42 Å². The molecule has 1 aliphatic rings. The van der Waals surface area contributed by atoms with Gasteiger partial charge in [-0.1, -0.05) is 29.3 Å². The lowest BCUT2D eigenvalue weighted by Gasteiger charge is -2.19. The zero-order valence-corrected chi connectivity index (χ0v) is 19.0. The van der Waals surface area contributed by atoms with Gasteiger partial charge in [0.05, 0.1) is 10.7 Å². The molecule has 2 N–H and O–H groups in total. The lowest BCUT2D eigenvalue weighted by atomic mass is 10.1. The molecule has 0 spiro atoms. The van der Waals surface area contributed by atoms with Crippen LogP contribution in [0.5, 0.6) is 11.5 Å². The van der Waals surface area contributed by atoms with E-state index in [4.69, 9.17) is 21.1 Å². The minimum atomic E-state index is -4.02. The molecule has 0 radical (unpaired) electrons. The highest BCUT2D eigenvalue weighted by Crippen LogP contribution is 2.33. The van der Waals surface area contributed by atoms with Crippen LogP contribution in [0.25, 0.3) is 0 Å². The van der Waals surface area contributed by atoms with Gasteiger partial charge in [0.1, 0.15) is 18.1 Å². The maximum absolute atomic E-state index is 13.0. The van der Waals surface area contributed by atoms with Gasteiger partial charge in [-0.2, -0.15) is 0 Å². The standard InChI is InChI=1S/C23H21ClN2O5S/c1-14-3-7-19(15(2)11-14)26-32(28,29)22-12-16(4-6-18(22)24)23(27)25-17-5-8-20-21(13-17)31-10-9-30-20/h3-8,11-13,26H,9-10H2,1-2H3,(H,25,27). The highest BCUT2D eigenvalue weighted by molar-refractivity contribution is 7.92. The van der Waals surface area contributed by atoms with Crippen LogP contribution in [0.2, 0.25) is 5.02 Å². The molecule has 0 aliphatic carbocycles. The molecule has 0 bridgehead atoms. The number of fused-ring (bicyclic) bond motifs is 1. The van der Waals surface area contributed by atoms with Crippen molar-refractivity contribution in [2.24, 2.45) is 0 Å². The number of hydrogen-bond donors (Lipinski definition) is 2. The van der Waals surface area contributed by atoms with Gasteiger partial charge in [-0.05, 0) is 55.8 Å². The third-order valence-electron chi connectivity index (χ3n) is 4.91. The van der Waals surface area contributed by atoms with E-state index in [0.29, 0.717) is 36.1 Å². The Morgan fingerprint density at radius 2 is 1.69 bits per heavy atom. The first kappa shape index (κ1) is 22.0. The van der Waals surface area contributed by atoms with Crippen LogP contribution in [0, 0.1) is 13.8 Å². The summed E-state index contributed by atoms with van der Waals surface area (Å²) in [6.07, 6.45) is 0. The normalized spacial score (nSPS) is 12.8. The number of benzene rings is 3. The average Bonchev–Trinajstić information content (AvgIpc) is 2.75. The van der Waals surface area contributed by atoms with Crippen molar-refractivity contribution >= 4 is 38.9 Å². The first-order valence-electron chi connectivity index (χ1n) is 9.83. The molecule has 3 aromatic rings. The summed E-state index contributed by atoms with van der Waals surface area (Å²) >= 11 is 6.17. The molecular formula is C23H21ClN2O5S. The Morgan fingerprint density at radius 3 is 2.44 bits per heavy atom. The molecule has 1 amide bonds. The Labute approximate surface area is 191 Å². The van der Waals surface area contributed by atoms with Gasteiger partial charge in [0, 0.05) is 17.3 Å². The van der Waals surface area contributed by atoms with Gasteiger partial charge in [0.15, 0.2) is 11.5 Å². The third kappa shape index (κ3) is 4.66. The molecule has 0 saturated heterocycles. The van der Waals surface area contributed by atoms with Crippen LogP contribution in [-0.4, -0.2) is 27.5 Å². The number of nitrogens with one attached hydrogen (secondary N) is 2. The van der Waals surface area contributed by atoms with Crippen molar-refractivity contribution in [1.82, 2.24) is 0 Å². The molecule has 0 fully saturated rings. The Balaban J connectivity index is 1.58. The molecule has 1 heterocycles. The first-order chi connectivity index (χ1) is 15.2. The van der Waals surface area contributed by atoms with E-state index in [9.17, 15) is 13.2 Å². The number of halogens is 1. The van der Waals surface area contributed by atoms with Gasteiger partial charge in [-0.3, -0.25) is 9.52 Å². The number of hydrogen-bond acceptors (Lipinski definition) is 5. The molecule has 1 aliphatic heterocycles. The predicted molar refractivity (Wildman–Crippen MR) is 124 cm³/mol. The number of amides is 1. The van der Waals surface area contributed by atoms with Crippen LogP contribution in [0.4, 0.5) is 11.4 Å². The molecule has 32 heavy (non-hydrogen) atoms. The maximum Gasteiger partial charge on any atom is 0.263 e. The van der Waals surface area contributed by atoms with Crippen LogP contribution >= 0.6 is 11.6 Å². The van der Waals surface area contributed by atoms with E-state index in [2.05, 4.69) is 10.0 Å². The molecule has 9 heteroatoms. The number of carbonyl (C=O) groups excluding carboxylic acids is 1. The van der Waals surface area contributed by atoms with E-state index in [1.165, 1.54) is 18.2 Å². The van der Waals surface area contributed by atoms with Gasteiger partial charge in [-0.15, -0.1) is 0 Å². The summed E-state index contributed by atoms with van der Waals surface area (Å²) in [5.41, 5.74) is 2.87. The summed E-state index contributed by atoms with van der Waals surface area (Å²) in [6, 6.07) is 14.5. The van der Waals surface area contributed by atoms with Crippen LogP contribution in [0.1, 0.15) is 21.5 Å². The summed E-state index contributed by atoms with van der Waals surface area (Å²) in [6.45, 7) is 4.63. The first-order valence-corrected chi connectivity index (χ1v) is 11.7. The molecular weight excluding hydrogens is 452 g/mol. The van der Waals surface area contributed by atoms with Crippen molar-refractivity contribution in [3.05, 3.63) is 76.3 Å². The SMILES string of the molecule is Cc1ccc(NS(=O)(=O)c2cc(C(=O)Nc3ccc4c(c3)OCCO4)ccc2Cl)c(C)c1. The molecule has 0 saturated carbocycles. The lowest BCUT2D eigenvalue weighted by Crippen LogP contribution is -2.18. The number of anilines is 2. The Hall–Kier alpha value is -3.23. The van der Waals surface area contributed by atoms with Gasteiger partial charge in [0.25, 0.3) is 15.9 Å². The predicted octanol–water partition coefficient (Wildman–Crippen LogP) is 4.78. The smallest absolute Gasteiger partial charge is 0.263 e. The molecule has 4 rings (SSSR count). The summed E-state index contributed by atoms with van der Waals surface area (Å²) in [7, 11) is -4.02. The summed E-state index contributed by atoms with van der Waals surface area (Å²) in [4.78, 5) is 12.6. The zero-order chi connectivity index (χ0) is 22.9. The van der Waals surface area contributed by atoms with Crippen molar-refractivity contribution in [3.8, 4) is 11.5 Å². The molecule has 0 aromatic heterocycles. The van der Waals surface area contributed by atoms with E-state index in [1.54, 1.807) is 24.3 Å². The number of aryl methyl sites for hydroxylation is 2. The van der Waals surface area contributed by atoms with Crippen LogP contribution in [-0.2, 0) is 10.0 Å². The second kappa shape index (κ2) is 8.72. The van der Waals surface area contributed by atoms with Crippen LogP contribution < -0.4 is 19.5 Å². The van der Waals surface area contributed by atoms with Crippen molar-refractivity contribution in [2.45, 2.75) is 18.7 Å². The van der Waals surface area contributed by atoms with E-state index in [1.807, 2.05) is 26.0 Å². The fraction of sp³-hybridized carbons (Fsp3) is 0.174. The Bertz CT molecular complexity index is 1310. The van der Waals surface area contributed by atoms with Crippen LogP contribution in [0.3, 0.4) is 0 Å². The highest BCUT2D eigenvalue weighted by Gasteiger charge is 2.22. The number of carbonyl (C=O) groups is 1. The van der Waals surface area contributed by atoms with Crippen molar-refractivity contribution in [1.29, 1.82) is 0 Å². The van der Waals surface area contributed by atoms with E-state index in [-0.39, 0.29) is 15.5 Å². The van der Waals surface area contributed by atoms with Gasteiger partial charge < -0.3 is 14.8 Å². The largest absolute Gasteiger partial charge is 0.486 e. The van der Waals surface area contributed by atoms with E-state index in [0.717, 1.165) is 11.1 Å². The monoisotopic (exact) mass is 472 g/mol. The molecule has 166 valence electrons. The lowest BCUT2D eigenvalue weighted by molar-refractivity contribution is 0.102. The maximum atomic E-state index is 13.0. The van der Waals surface area contributed by atoms with Crippen molar-refractivity contribution < 1.29 is 22.7 Å². The average molecular weight is 473 g/mol. The van der Waals surface area contributed by atoms with Crippen molar-refractivity contribution in [2.75, 3.05) is 23.3 Å².